The second-order valence-electron chi connectivity index (χ2n) is 3.91. The Hall–Kier alpha value is -0.500. The number of hydrogen-bond donors (Lipinski definition) is 0. The van der Waals surface area contributed by atoms with E-state index >= 15 is 0 Å². The highest BCUT2D eigenvalue weighted by Crippen LogP contribution is 2.33. The average molecular weight is 254 g/mol. The van der Waals surface area contributed by atoms with E-state index in [1.807, 2.05) is 0 Å². The van der Waals surface area contributed by atoms with E-state index in [4.69, 9.17) is 0 Å². The molecule has 1 aromatic carbocycles. The van der Waals surface area contributed by atoms with E-state index in [9.17, 15) is 0 Å². The monoisotopic (exact) mass is 253 g/mol. The topological polar surface area (TPSA) is 3.24 Å². The van der Waals surface area contributed by atoms with Gasteiger partial charge in [-0.05, 0) is 49.9 Å². The fourth-order valence-electron chi connectivity index (χ4n) is 2.34. The molecule has 1 heterocycles. The van der Waals surface area contributed by atoms with Crippen LogP contribution in [0, 0.1) is 6.92 Å². The molecule has 0 fully saturated rings. The van der Waals surface area contributed by atoms with E-state index in [0.29, 0.717) is 0 Å². The van der Waals surface area contributed by atoms with Crippen LogP contribution in [-0.2, 0) is 6.42 Å². The van der Waals surface area contributed by atoms with Gasteiger partial charge in [0, 0.05) is 23.2 Å². The molecule has 0 unspecified atom stereocenters. The summed E-state index contributed by atoms with van der Waals surface area (Å²) in [5.41, 5.74) is 4.38. The van der Waals surface area contributed by atoms with E-state index in [0.717, 1.165) is 6.54 Å². The third-order valence-corrected chi connectivity index (χ3v) is 3.37. The van der Waals surface area contributed by atoms with Gasteiger partial charge in [-0.2, -0.15) is 0 Å². The van der Waals surface area contributed by atoms with Crippen molar-refractivity contribution in [2.75, 3.05) is 18.0 Å². The summed E-state index contributed by atoms with van der Waals surface area (Å²) in [5, 5.41) is 0. The van der Waals surface area contributed by atoms with Gasteiger partial charge in [0.15, 0.2) is 0 Å². The summed E-state index contributed by atoms with van der Waals surface area (Å²) in [4.78, 5) is 2.49. The van der Waals surface area contributed by atoms with E-state index in [1.54, 1.807) is 0 Å². The van der Waals surface area contributed by atoms with Crippen LogP contribution in [-0.4, -0.2) is 13.1 Å². The fraction of sp³-hybridized carbons (Fsp3) is 0.500. The van der Waals surface area contributed by atoms with Crippen LogP contribution in [0.25, 0.3) is 0 Å². The van der Waals surface area contributed by atoms with E-state index in [-0.39, 0.29) is 0 Å². The van der Waals surface area contributed by atoms with Crippen LogP contribution in [0.2, 0.25) is 0 Å². The lowest BCUT2D eigenvalue weighted by Crippen LogP contribution is -2.29. The number of benzene rings is 1. The lowest BCUT2D eigenvalue weighted by atomic mass is 9.98. The smallest absolute Gasteiger partial charge is 0.0429 e. The number of halogens is 1. The number of aryl methyl sites for hydroxylation is 2. The van der Waals surface area contributed by atoms with Gasteiger partial charge in [0.05, 0.1) is 0 Å². The standard InChI is InChI=1S/C12H16BrN/c1-3-14-6-4-5-10-8-11(13)7-9(2)12(10)14/h7-8H,3-6H2,1-2H3. The van der Waals surface area contributed by atoms with Crippen molar-refractivity contribution < 1.29 is 0 Å². The highest BCUT2D eigenvalue weighted by molar-refractivity contribution is 9.10. The molecule has 0 amide bonds. The SMILES string of the molecule is CCN1CCCc2cc(Br)cc(C)c21. The van der Waals surface area contributed by atoms with Crippen LogP contribution in [0.4, 0.5) is 5.69 Å². The molecule has 1 aromatic rings. The second kappa shape index (κ2) is 3.93. The van der Waals surface area contributed by atoms with Crippen molar-refractivity contribution in [2.45, 2.75) is 26.7 Å². The lowest BCUT2D eigenvalue weighted by molar-refractivity contribution is 0.704. The largest absolute Gasteiger partial charge is 0.371 e. The molecule has 0 saturated heterocycles. The van der Waals surface area contributed by atoms with Gasteiger partial charge >= 0.3 is 0 Å². The summed E-state index contributed by atoms with van der Waals surface area (Å²) in [5.74, 6) is 0. The van der Waals surface area contributed by atoms with E-state index in [1.165, 1.54) is 40.7 Å². The van der Waals surface area contributed by atoms with Gasteiger partial charge < -0.3 is 4.90 Å². The molecule has 14 heavy (non-hydrogen) atoms. The van der Waals surface area contributed by atoms with Crippen molar-refractivity contribution >= 4 is 21.6 Å². The van der Waals surface area contributed by atoms with Gasteiger partial charge in [-0.15, -0.1) is 0 Å². The minimum atomic E-state index is 1.12. The summed E-state index contributed by atoms with van der Waals surface area (Å²) >= 11 is 3.56. The average Bonchev–Trinajstić information content (AvgIpc) is 2.16. The van der Waals surface area contributed by atoms with Crippen molar-refractivity contribution in [2.24, 2.45) is 0 Å². The number of anilines is 1. The summed E-state index contributed by atoms with van der Waals surface area (Å²) < 4.78 is 1.21. The minimum Gasteiger partial charge on any atom is -0.371 e. The predicted molar refractivity (Wildman–Crippen MR) is 65.1 cm³/mol. The molecule has 76 valence electrons. The number of nitrogens with zero attached hydrogens (tertiary/aromatic N) is 1. The Balaban J connectivity index is 2.51. The van der Waals surface area contributed by atoms with Gasteiger partial charge in [-0.3, -0.25) is 0 Å². The van der Waals surface area contributed by atoms with Gasteiger partial charge in [0.2, 0.25) is 0 Å². The Bertz CT molecular complexity index is 346. The van der Waals surface area contributed by atoms with Crippen molar-refractivity contribution in [1.82, 2.24) is 0 Å². The molecular formula is C12H16BrN. The first-order valence-electron chi connectivity index (χ1n) is 5.26. The second-order valence-corrected chi connectivity index (χ2v) is 4.83. The fourth-order valence-corrected chi connectivity index (χ4v) is 2.96. The van der Waals surface area contributed by atoms with Crippen LogP contribution in [0.3, 0.4) is 0 Å². The van der Waals surface area contributed by atoms with Crippen LogP contribution in [0.1, 0.15) is 24.5 Å². The van der Waals surface area contributed by atoms with Crippen molar-refractivity contribution in [3.63, 3.8) is 0 Å². The van der Waals surface area contributed by atoms with Crippen molar-refractivity contribution in [3.05, 3.63) is 27.7 Å². The number of hydrogen-bond acceptors (Lipinski definition) is 1. The molecule has 1 nitrogen and oxygen atoms in total. The molecule has 0 atom stereocenters. The Kier molecular flexibility index (Phi) is 2.82. The lowest BCUT2D eigenvalue weighted by Gasteiger charge is -2.32. The Morgan fingerprint density at radius 3 is 2.93 bits per heavy atom. The molecule has 0 spiro atoms. The zero-order valence-electron chi connectivity index (χ0n) is 8.81. The summed E-state index contributed by atoms with van der Waals surface area (Å²) in [6, 6.07) is 4.48. The van der Waals surface area contributed by atoms with Crippen molar-refractivity contribution in [3.8, 4) is 0 Å². The molecule has 0 aliphatic carbocycles. The summed E-state index contributed by atoms with van der Waals surface area (Å²) in [7, 11) is 0. The van der Waals surface area contributed by atoms with Crippen LogP contribution >= 0.6 is 15.9 Å². The molecule has 1 aliphatic rings. The van der Waals surface area contributed by atoms with Crippen LogP contribution in [0.15, 0.2) is 16.6 Å². The first-order valence-corrected chi connectivity index (χ1v) is 6.05. The maximum Gasteiger partial charge on any atom is 0.0429 e. The predicted octanol–water partition coefficient (Wildman–Crippen LogP) is 3.53. The molecule has 2 rings (SSSR count). The van der Waals surface area contributed by atoms with Crippen LogP contribution in [0.5, 0.6) is 0 Å². The summed E-state index contributed by atoms with van der Waals surface area (Å²) in [6.45, 7) is 6.77. The van der Waals surface area contributed by atoms with Gasteiger partial charge in [-0.25, -0.2) is 0 Å². The first kappa shape index (κ1) is 10.0. The third kappa shape index (κ3) is 1.68. The number of fused-ring (bicyclic) bond motifs is 1. The molecule has 1 aliphatic heterocycles. The third-order valence-electron chi connectivity index (χ3n) is 2.92. The molecule has 0 saturated carbocycles. The number of rotatable bonds is 1. The van der Waals surface area contributed by atoms with Gasteiger partial charge in [0.25, 0.3) is 0 Å². The molecule has 0 bridgehead atoms. The Labute approximate surface area is 94.2 Å². The van der Waals surface area contributed by atoms with Gasteiger partial charge in [0.1, 0.15) is 0 Å². The minimum absolute atomic E-state index is 1.12. The van der Waals surface area contributed by atoms with Gasteiger partial charge in [-0.1, -0.05) is 15.9 Å². The Morgan fingerprint density at radius 2 is 2.21 bits per heavy atom. The molecule has 0 radical (unpaired) electrons. The molecule has 0 aromatic heterocycles. The van der Waals surface area contributed by atoms with Crippen molar-refractivity contribution in [1.29, 1.82) is 0 Å². The highest BCUT2D eigenvalue weighted by Gasteiger charge is 2.17. The maximum atomic E-state index is 3.56. The zero-order chi connectivity index (χ0) is 10.1. The highest BCUT2D eigenvalue weighted by atomic mass is 79.9. The van der Waals surface area contributed by atoms with Crippen LogP contribution < -0.4 is 4.90 Å². The normalized spacial score (nSPS) is 15.5. The Morgan fingerprint density at radius 1 is 1.43 bits per heavy atom. The molecule has 2 heteroatoms. The molecular weight excluding hydrogens is 238 g/mol. The zero-order valence-corrected chi connectivity index (χ0v) is 10.4. The molecule has 0 N–H and O–H groups in total. The quantitative estimate of drug-likeness (QED) is 0.741. The maximum absolute atomic E-state index is 3.56. The van der Waals surface area contributed by atoms with E-state index < -0.39 is 0 Å². The van der Waals surface area contributed by atoms with E-state index in [2.05, 4.69) is 46.8 Å². The summed E-state index contributed by atoms with van der Waals surface area (Å²) in [6.07, 6.45) is 2.52. The first-order chi connectivity index (χ1) is 6.72.